The Bertz CT molecular complexity index is 397. The SMILES string of the molecule is C=Nc1ccc(/C=C/C=C/CO)c(F)c1. The molecule has 1 N–H and O–H groups in total. The molecule has 0 aliphatic rings. The quantitative estimate of drug-likeness (QED) is 0.595. The molecule has 15 heavy (non-hydrogen) atoms. The van der Waals surface area contributed by atoms with Crippen LogP contribution in [0.3, 0.4) is 0 Å². The monoisotopic (exact) mass is 205 g/mol. The maximum Gasteiger partial charge on any atom is 0.132 e. The topological polar surface area (TPSA) is 32.6 Å². The third-order valence-electron chi connectivity index (χ3n) is 1.79. The van der Waals surface area contributed by atoms with Crippen LogP contribution >= 0.6 is 0 Å². The molecule has 0 aliphatic carbocycles. The van der Waals surface area contributed by atoms with Gasteiger partial charge in [0.25, 0.3) is 0 Å². The lowest BCUT2D eigenvalue weighted by atomic mass is 10.2. The number of aliphatic hydroxyl groups excluding tert-OH is 1. The van der Waals surface area contributed by atoms with Crippen molar-refractivity contribution in [3.8, 4) is 0 Å². The van der Waals surface area contributed by atoms with Crippen molar-refractivity contribution in [3.05, 3.63) is 47.8 Å². The Hall–Kier alpha value is -1.74. The van der Waals surface area contributed by atoms with E-state index in [9.17, 15) is 4.39 Å². The van der Waals surface area contributed by atoms with Gasteiger partial charge < -0.3 is 5.11 Å². The van der Waals surface area contributed by atoms with Crippen LogP contribution < -0.4 is 0 Å². The van der Waals surface area contributed by atoms with Gasteiger partial charge in [-0.15, -0.1) is 0 Å². The maximum absolute atomic E-state index is 13.3. The van der Waals surface area contributed by atoms with E-state index < -0.39 is 0 Å². The Morgan fingerprint density at radius 1 is 1.40 bits per heavy atom. The molecule has 3 heteroatoms. The number of hydrogen-bond acceptors (Lipinski definition) is 2. The third-order valence-corrected chi connectivity index (χ3v) is 1.79. The van der Waals surface area contributed by atoms with E-state index in [-0.39, 0.29) is 12.4 Å². The standard InChI is InChI=1S/C12H12FNO/c1-14-11-7-6-10(12(13)9-11)5-3-2-4-8-15/h2-7,9,15H,1,8H2/b4-2+,5-3+. The van der Waals surface area contributed by atoms with Crippen LogP contribution in [0.15, 0.2) is 41.4 Å². The third kappa shape index (κ3) is 3.48. The zero-order valence-electron chi connectivity index (χ0n) is 8.23. The van der Waals surface area contributed by atoms with E-state index >= 15 is 0 Å². The van der Waals surface area contributed by atoms with Gasteiger partial charge in [0.05, 0.1) is 12.3 Å². The summed E-state index contributed by atoms with van der Waals surface area (Å²) in [5, 5.41) is 8.47. The number of aliphatic hydroxyl groups is 1. The van der Waals surface area contributed by atoms with Crippen molar-refractivity contribution in [2.45, 2.75) is 0 Å². The predicted molar refractivity (Wildman–Crippen MR) is 60.9 cm³/mol. The highest BCUT2D eigenvalue weighted by Crippen LogP contribution is 2.17. The van der Waals surface area contributed by atoms with Crippen molar-refractivity contribution in [2.24, 2.45) is 4.99 Å². The van der Waals surface area contributed by atoms with Gasteiger partial charge in [-0.1, -0.05) is 24.3 Å². The fourth-order valence-corrected chi connectivity index (χ4v) is 1.05. The van der Waals surface area contributed by atoms with E-state index in [1.165, 1.54) is 6.07 Å². The van der Waals surface area contributed by atoms with Gasteiger partial charge in [0, 0.05) is 11.6 Å². The normalized spacial score (nSPS) is 11.3. The summed E-state index contributed by atoms with van der Waals surface area (Å²) in [6.45, 7) is 3.29. The van der Waals surface area contributed by atoms with E-state index in [1.807, 2.05) is 0 Å². The Balaban J connectivity index is 2.82. The maximum atomic E-state index is 13.3. The average Bonchev–Trinajstić information content (AvgIpc) is 2.26. The first-order valence-corrected chi connectivity index (χ1v) is 4.48. The summed E-state index contributed by atoms with van der Waals surface area (Å²) in [7, 11) is 0. The molecular weight excluding hydrogens is 193 g/mol. The van der Waals surface area contributed by atoms with Gasteiger partial charge in [0.1, 0.15) is 5.82 Å². The minimum atomic E-state index is -0.339. The zero-order chi connectivity index (χ0) is 11.1. The van der Waals surface area contributed by atoms with Crippen LogP contribution in [0.4, 0.5) is 10.1 Å². The molecule has 1 aromatic rings. The zero-order valence-corrected chi connectivity index (χ0v) is 8.23. The molecule has 0 spiro atoms. The van der Waals surface area contributed by atoms with Crippen molar-refractivity contribution in [3.63, 3.8) is 0 Å². The average molecular weight is 205 g/mol. The number of aliphatic imine (C=N–C) groups is 1. The van der Waals surface area contributed by atoms with Gasteiger partial charge in [-0.3, -0.25) is 4.99 Å². The fourth-order valence-electron chi connectivity index (χ4n) is 1.05. The highest BCUT2D eigenvalue weighted by Gasteiger charge is 1.98. The summed E-state index contributed by atoms with van der Waals surface area (Å²) in [4.78, 5) is 3.62. The molecule has 0 radical (unpaired) electrons. The number of benzene rings is 1. The van der Waals surface area contributed by atoms with E-state index in [2.05, 4.69) is 11.7 Å². The summed E-state index contributed by atoms with van der Waals surface area (Å²) in [5.74, 6) is -0.339. The summed E-state index contributed by atoms with van der Waals surface area (Å²) in [5.41, 5.74) is 0.987. The molecule has 0 amide bonds. The van der Waals surface area contributed by atoms with Gasteiger partial charge in [-0.2, -0.15) is 0 Å². The second-order valence-electron chi connectivity index (χ2n) is 2.83. The van der Waals surface area contributed by atoms with E-state index in [1.54, 1.807) is 36.4 Å². The molecule has 1 rings (SSSR count). The molecule has 0 fully saturated rings. The first-order valence-electron chi connectivity index (χ1n) is 4.48. The minimum absolute atomic E-state index is 0.0217. The summed E-state index contributed by atoms with van der Waals surface area (Å²) >= 11 is 0. The van der Waals surface area contributed by atoms with Crippen LogP contribution in [0.2, 0.25) is 0 Å². The largest absolute Gasteiger partial charge is 0.392 e. The molecular formula is C12H12FNO. The summed E-state index contributed by atoms with van der Waals surface area (Å²) in [6.07, 6.45) is 6.50. The Labute approximate surface area is 88.1 Å². The minimum Gasteiger partial charge on any atom is -0.392 e. The summed E-state index contributed by atoms with van der Waals surface area (Å²) < 4.78 is 13.3. The van der Waals surface area contributed by atoms with Crippen LogP contribution in [0.5, 0.6) is 0 Å². The Kier molecular flexibility index (Phi) is 4.44. The van der Waals surface area contributed by atoms with E-state index in [4.69, 9.17) is 5.11 Å². The highest BCUT2D eigenvalue weighted by molar-refractivity contribution is 5.56. The molecule has 1 aromatic carbocycles. The number of rotatable bonds is 4. The van der Waals surface area contributed by atoms with Crippen molar-refractivity contribution in [1.82, 2.24) is 0 Å². The first-order chi connectivity index (χ1) is 7.27. The molecule has 0 heterocycles. The number of nitrogens with zero attached hydrogens (tertiary/aromatic N) is 1. The summed E-state index contributed by atoms with van der Waals surface area (Å²) in [6, 6.07) is 4.64. The number of halogens is 1. The fraction of sp³-hybridized carbons (Fsp3) is 0.0833. The Morgan fingerprint density at radius 2 is 2.20 bits per heavy atom. The van der Waals surface area contributed by atoms with Crippen LogP contribution in [0.25, 0.3) is 6.08 Å². The predicted octanol–water partition coefficient (Wildman–Crippen LogP) is 2.72. The lowest BCUT2D eigenvalue weighted by Crippen LogP contribution is -1.80. The van der Waals surface area contributed by atoms with Crippen LogP contribution in [-0.4, -0.2) is 18.4 Å². The van der Waals surface area contributed by atoms with E-state index in [0.717, 1.165) is 0 Å². The van der Waals surface area contributed by atoms with Gasteiger partial charge in [0.2, 0.25) is 0 Å². The van der Waals surface area contributed by atoms with Crippen molar-refractivity contribution >= 4 is 18.5 Å². The van der Waals surface area contributed by atoms with Gasteiger partial charge >= 0.3 is 0 Å². The van der Waals surface area contributed by atoms with Crippen molar-refractivity contribution in [2.75, 3.05) is 6.61 Å². The smallest absolute Gasteiger partial charge is 0.132 e. The molecule has 0 saturated heterocycles. The van der Waals surface area contributed by atoms with Crippen molar-refractivity contribution in [1.29, 1.82) is 0 Å². The Morgan fingerprint density at radius 3 is 2.80 bits per heavy atom. The molecule has 78 valence electrons. The molecule has 0 aromatic heterocycles. The first kappa shape index (κ1) is 11.3. The van der Waals surface area contributed by atoms with Crippen LogP contribution in [0, 0.1) is 5.82 Å². The molecule has 0 aliphatic heterocycles. The second-order valence-corrected chi connectivity index (χ2v) is 2.83. The molecule has 0 saturated carbocycles. The number of allylic oxidation sites excluding steroid dienone is 2. The molecule has 0 unspecified atom stereocenters. The lowest BCUT2D eigenvalue weighted by Gasteiger charge is -1.97. The molecule has 0 atom stereocenters. The van der Waals surface area contributed by atoms with Gasteiger partial charge in [-0.05, 0) is 18.9 Å². The van der Waals surface area contributed by atoms with Crippen LogP contribution in [0.1, 0.15) is 5.56 Å². The van der Waals surface area contributed by atoms with Crippen LogP contribution in [-0.2, 0) is 0 Å². The molecule has 2 nitrogen and oxygen atoms in total. The molecule has 0 bridgehead atoms. The van der Waals surface area contributed by atoms with Gasteiger partial charge in [0.15, 0.2) is 0 Å². The van der Waals surface area contributed by atoms with Gasteiger partial charge in [-0.25, -0.2) is 4.39 Å². The van der Waals surface area contributed by atoms with Crippen molar-refractivity contribution < 1.29 is 9.50 Å². The second kappa shape index (κ2) is 5.88. The van der Waals surface area contributed by atoms with E-state index in [0.29, 0.717) is 11.3 Å². The number of hydrogen-bond donors (Lipinski definition) is 1. The lowest BCUT2D eigenvalue weighted by molar-refractivity contribution is 0.343. The highest BCUT2D eigenvalue weighted by atomic mass is 19.1.